The molecule has 2 aromatic rings. The van der Waals surface area contributed by atoms with Gasteiger partial charge in [0.15, 0.2) is 11.5 Å². The molecule has 1 heterocycles. The molecule has 1 amide bonds. The summed E-state index contributed by atoms with van der Waals surface area (Å²) in [6.07, 6.45) is 7.30. The number of carbonyl (C=O) groups excluding carboxylic acids is 1. The number of rotatable bonds is 7. The third kappa shape index (κ3) is 4.94. The van der Waals surface area contributed by atoms with Gasteiger partial charge in [-0.15, -0.1) is 11.3 Å². The van der Waals surface area contributed by atoms with E-state index in [1.165, 1.54) is 11.0 Å². The number of carbonyl (C=O) groups is 1. The third-order valence-corrected chi connectivity index (χ3v) is 7.63. The Hall–Kier alpha value is -2.78. The lowest BCUT2D eigenvalue weighted by Crippen LogP contribution is -2.28. The summed E-state index contributed by atoms with van der Waals surface area (Å²) >= 11 is 1.55. The maximum Gasteiger partial charge on any atom is 0.249 e. The SMILES string of the molecule is CCC(C)(C)[C@H]1CCc2c(sc(NC(=O)/C=C/c3ccc(OC)c(OC)c3)c2C#N)C1. The number of anilines is 1. The van der Waals surface area contributed by atoms with Crippen LogP contribution in [0.4, 0.5) is 5.00 Å². The van der Waals surface area contributed by atoms with Crippen LogP contribution in [-0.2, 0) is 17.6 Å². The summed E-state index contributed by atoms with van der Waals surface area (Å²) < 4.78 is 10.5. The van der Waals surface area contributed by atoms with Crippen LogP contribution in [0.2, 0.25) is 0 Å². The average molecular weight is 439 g/mol. The number of fused-ring (bicyclic) bond motifs is 1. The summed E-state index contributed by atoms with van der Waals surface area (Å²) in [4.78, 5) is 13.8. The first kappa shape index (κ1) is 22.9. The van der Waals surface area contributed by atoms with E-state index in [1.54, 1.807) is 37.7 Å². The number of benzene rings is 1. The van der Waals surface area contributed by atoms with Crippen molar-refractivity contribution < 1.29 is 14.3 Å². The van der Waals surface area contributed by atoms with Crippen LogP contribution in [0.25, 0.3) is 6.08 Å². The predicted octanol–water partition coefficient (Wildman–Crippen LogP) is 5.83. The van der Waals surface area contributed by atoms with Crippen molar-refractivity contribution in [3.63, 3.8) is 0 Å². The van der Waals surface area contributed by atoms with E-state index in [1.807, 2.05) is 12.1 Å². The van der Waals surface area contributed by atoms with Crippen LogP contribution < -0.4 is 14.8 Å². The first-order valence-electron chi connectivity index (χ1n) is 10.6. The van der Waals surface area contributed by atoms with Gasteiger partial charge in [0.1, 0.15) is 11.1 Å². The molecule has 0 unspecified atom stereocenters. The summed E-state index contributed by atoms with van der Waals surface area (Å²) in [5.74, 6) is 1.59. The summed E-state index contributed by atoms with van der Waals surface area (Å²) in [5, 5.41) is 13.3. The molecule has 5 nitrogen and oxygen atoms in total. The number of nitriles is 1. The first-order chi connectivity index (χ1) is 14.8. The topological polar surface area (TPSA) is 71.3 Å². The summed E-state index contributed by atoms with van der Waals surface area (Å²) in [7, 11) is 3.16. The molecule has 0 fully saturated rings. The zero-order chi connectivity index (χ0) is 22.6. The molecule has 0 radical (unpaired) electrons. The lowest BCUT2D eigenvalue weighted by atomic mass is 9.69. The van der Waals surface area contributed by atoms with Crippen LogP contribution >= 0.6 is 11.3 Å². The van der Waals surface area contributed by atoms with Gasteiger partial charge in [0.05, 0.1) is 19.8 Å². The first-order valence-corrected chi connectivity index (χ1v) is 11.4. The van der Waals surface area contributed by atoms with Crippen molar-refractivity contribution in [3.8, 4) is 17.6 Å². The number of hydrogen-bond acceptors (Lipinski definition) is 5. The number of amides is 1. The quantitative estimate of drug-likeness (QED) is 0.552. The summed E-state index contributed by atoms with van der Waals surface area (Å²) in [5.41, 5.74) is 2.85. The van der Waals surface area contributed by atoms with Crippen molar-refractivity contribution in [3.05, 3.63) is 45.8 Å². The lowest BCUT2D eigenvalue weighted by molar-refractivity contribution is -0.111. The minimum atomic E-state index is -0.254. The zero-order valence-electron chi connectivity index (χ0n) is 18.9. The van der Waals surface area contributed by atoms with E-state index >= 15 is 0 Å². The van der Waals surface area contributed by atoms with Crippen molar-refractivity contribution in [2.24, 2.45) is 11.3 Å². The van der Waals surface area contributed by atoms with Crippen LogP contribution in [0.3, 0.4) is 0 Å². The van der Waals surface area contributed by atoms with E-state index in [2.05, 4.69) is 32.2 Å². The molecule has 1 aliphatic rings. The second-order valence-electron chi connectivity index (χ2n) is 8.54. The van der Waals surface area contributed by atoms with Gasteiger partial charge >= 0.3 is 0 Å². The minimum absolute atomic E-state index is 0.254. The molecule has 0 saturated carbocycles. The second kappa shape index (κ2) is 9.57. The van der Waals surface area contributed by atoms with Gasteiger partial charge in [-0.3, -0.25) is 4.79 Å². The number of ether oxygens (including phenoxy) is 2. The number of methoxy groups -OCH3 is 2. The molecule has 0 bridgehead atoms. The van der Waals surface area contributed by atoms with E-state index < -0.39 is 0 Å². The number of hydrogen-bond donors (Lipinski definition) is 1. The van der Waals surface area contributed by atoms with Crippen LogP contribution in [0, 0.1) is 22.7 Å². The van der Waals surface area contributed by atoms with Crippen molar-refractivity contribution in [2.75, 3.05) is 19.5 Å². The predicted molar refractivity (Wildman–Crippen MR) is 126 cm³/mol. The van der Waals surface area contributed by atoms with Crippen molar-refractivity contribution >= 4 is 28.3 Å². The Morgan fingerprint density at radius 2 is 2.06 bits per heavy atom. The molecule has 164 valence electrons. The van der Waals surface area contributed by atoms with Gasteiger partial charge < -0.3 is 14.8 Å². The molecule has 1 aliphatic carbocycles. The second-order valence-corrected chi connectivity index (χ2v) is 9.64. The molecule has 1 aromatic carbocycles. The maximum absolute atomic E-state index is 12.6. The van der Waals surface area contributed by atoms with E-state index in [4.69, 9.17) is 9.47 Å². The Bertz CT molecular complexity index is 1030. The van der Waals surface area contributed by atoms with Crippen molar-refractivity contribution in [2.45, 2.75) is 46.5 Å². The molecule has 6 heteroatoms. The molecule has 0 aliphatic heterocycles. The van der Waals surface area contributed by atoms with E-state index in [0.29, 0.717) is 28.0 Å². The van der Waals surface area contributed by atoms with E-state index in [-0.39, 0.29) is 11.3 Å². The highest BCUT2D eigenvalue weighted by Gasteiger charge is 2.34. The molecule has 0 spiro atoms. The molecule has 3 rings (SSSR count). The van der Waals surface area contributed by atoms with Crippen molar-refractivity contribution in [1.82, 2.24) is 0 Å². The van der Waals surface area contributed by atoms with Gasteiger partial charge in [-0.2, -0.15) is 5.26 Å². The number of nitrogens with one attached hydrogen (secondary N) is 1. The fourth-order valence-electron chi connectivity index (χ4n) is 4.03. The number of thiophene rings is 1. The molecule has 31 heavy (non-hydrogen) atoms. The van der Waals surface area contributed by atoms with Crippen molar-refractivity contribution in [1.29, 1.82) is 5.26 Å². The van der Waals surface area contributed by atoms with Crippen LogP contribution in [-0.4, -0.2) is 20.1 Å². The molecular weight excluding hydrogens is 408 g/mol. The maximum atomic E-state index is 12.6. The standard InChI is InChI=1S/C25H30N2O3S/c1-6-25(2,3)17-9-10-18-19(15-26)24(31-22(18)14-17)27-23(28)12-8-16-7-11-20(29-4)21(13-16)30-5/h7-8,11-13,17H,6,9-10,14H2,1-5H3,(H,27,28)/b12-8+/t17-/m0/s1. The Morgan fingerprint density at radius 3 is 2.71 bits per heavy atom. The highest BCUT2D eigenvalue weighted by Crippen LogP contribution is 2.45. The van der Waals surface area contributed by atoms with Gasteiger partial charge in [-0.1, -0.05) is 33.3 Å². The largest absolute Gasteiger partial charge is 0.493 e. The van der Waals surface area contributed by atoms with Crippen LogP contribution in [0.1, 0.15) is 55.2 Å². The van der Waals surface area contributed by atoms with Crippen LogP contribution in [0.5, 0.6) is 11.5 Å². The van der Waals surface area contributed by atoms with Gasteiger partial charge in [-0.25, -0.2) is 0 Å². The normalized spacial score (nSPS) is 15.9. The van der Waals surface area contributed by atoms with Gasteiger partial charge in [0.25, 0.3) is 0 Å². The summed E-state index contributed by atoms with van der Waals surface area (Å²) in [6, 6.07) is 7.78. The molecular formula is C25H30N2O3S. The van der Waals surface area contributed by atoms with Gasteiger partial charge in [0.2, 0.25) is 5.91 Å². The smallest absolute Gasteiger partial charge is 0.249 e. The highest BCUT2D eigenvalue weighted by molar-refractivity contribution is 7.16. The Kier molecular flexibility index (Phi) is 7.07. The molecule has 1 atom stereocenters. The molecule has 1 aromatic heterocycles. The molecule has 1 N–H and O–H groups in total. The fourth-order valence-corrected chi connectivity index (χ4v) is 5.31. The summed E-state index contributed by atoms with van der Waals surface area (Å²) in [6.45, 7) is 6.88. The molecule has 0 saturated heterocycles. The van der Waals surface area contributed by atoms with E-state index in [0.717, 1.165) is 36.8 Å². The highest BCUT2D eigenvalue weighted by atomic mass is 32.1. The number of nitrogens with zero attached hydrogens (tertiary/aromatic N) is 1. The minimum Gasteiger partial charge on any atom is -0.493 e. The van der Waals surface area contributed by atoms with E-state index in [9.17, 15) is 10.1 Å². The van der Waals surface area contributed by atoms with Gasteiger partial charge in [0, 0.05) is 11.0 Å². The Labute approximate surface area is 188 Å². The Balaban J connectivity index is 1.75. The zero-order valence-corrected chi connectivity index (χ0v) is 19.7. The average Bonchev–Trinajstić information content (AvgIpc) is 3.13. The monoisotopic (exact) mass is 438 g/mol. The van der Waals surface area contributed by atoms with Crippen LogP contribution in [0.15, 0.2) is 24.3 Å². The third-order valence-electron chi connectivity index (χ3n) is 6.46. The van der Waals surface area contributed by atoms with Gasteiger partial charge in [-0.05, 0) is 59.9 Å². The Morgan fingerprint density at radius 1 is 1.32 bits per heavy atom. The lowest BCUT2D eigenvalue weighted by Gasteiger charge is -2.36. The fraction of sp³-hybridized carbons (Fsp3) is 0.440.